The van der Waals surface area contributed by atoms with Crippen LogP contribution in [0.4, 0.5) is 5.69 Å². The number of anilines is 1. The minimum atomic E-state index is -0.319. The molecule has 1 amide bonds. The van der Waals surface area contributed by atoms with Gasteiger partial charge in [0.25, 0.3) is 5.91 Å². The Labute approximate surface area is 140 Å². The van der Waals surface area contributed by atoms with E-state index in [0.717, 1.165) is 25.9 Å². The summed E-state index contributed by atoms with van der Waals surface area (Å²) in [6.45, 7) is 1.85. The van der Waals surface area contributed by atoms with Gasteiger partial charge in [-0.3, -0.25) is 4.79 Å². The number of nitrogens with one attached hydrogen (secondary N) is 2. The average Bonchev–Trinajstić information content (AvgIpc) is 3.12. The number of ether oxygens (including phenoxy) is 2. The largest absolute Gasteiger partial charge is 0.493 e. The van der Waals surface area contributed by atoms with Gasteiger partial charge in [0.1, 0.15) is 6.26 Å². The molecule has 1 aliphatic rings. The average molecular weight is 331 g/mol. The highest BCUT2D eigenvalue weighted by Gasteiger charge is 2.22. The van der Waals surface area contributed by atoms with Gasteiger partial charge in [0.05, 0.1) is 14.2 Å². The summed E-state index contributed by atoms with van der Waals surface area (Å²) in [4.78, 5) is 16.7. The zero-order valence-electron chi connectivity index (χ0n) is 13.8. The summed E-state index contributed by atoms with van der Waals surface area (Å²) in [6.07, 6.45) is 3.50. The van der Waals surface area contributed by atoms with Crippen LogP contribution in [0.25, 0.3) is 0 Å². The number of oxazole rings is 1. The molecule has 1 aromatic heterocycles. The predicted molar refractivity (Wildman–Crippen MR) is 88.8 cm³/mol. The normalized spacial score (nSPS) is 17.3. The van der Waals surface area contributed by atoms with Gasteiger partial charge in [0.2, 0.25) is 0 Å². The molecule has 0 spiro atoms. The Hall–Kier alpha value is -2.54. The van der Waals surface area contributed by atoms with Crippen LogP contribution in [-0.4, -0.2) is 38.2 Å². The van der Waals surface area contributed by atoms with E-state index in [0.29, 0.717) is 23.1 Å². The number of carbonyl (C=O) groups is 1. The van der Waals surface area contributed by atoms with Gasteiger partial charge in [0, 0.05) is 24.2 Å². The zero-order valence-corrected chi connectivity index (χ0v) is 13.8. The third kappa shape index (κ3) is 3.51. The number of carbonyl (C=O) groups excluding carboxylic acids is 1. The Morgan fingerprint density at radius 2 is 2.17 bits per heavy atom. The van der Waals surface area contributed by atoms with Gasteiger partial charge in [-0.15, -0.1) is 0 Å². The van der Waals surface area contributed by atoms with Gasteiger partial charge in [0.15, 0.2) is 23.1 Å². The lowest BCUT2D eigenvalue weighted by Crippen LogP contribution is -2.28. The first kappa shape index (κ1) is 16.3. The summed E-state index contributed by atoms with van der Waals surface area (Å²) < 4.78 is 15.9. The monoisotopic (exact) mass is 331 g/mol. The molecule has 1 atom stereocenters. The molecule has 7 nitrogen and oxygen atoms in total. The number of piperidine rings is 1. The zero-order chi connectivity index (χ0) is 16.9. The van der Waals surface area contributed by atoms with E-state index in [2.05, 4.69) is 15.6 Å². The maximum atomic E-state index is 12.3. The maximum absolute atomic E-state index is 12.3. The molecule has 0 radical (unpaired) electrons. The highest BCUT2D eigenvalue weighted by atomic mass is 16.5. The molecule has 1 aliphatic heterocycles. The van der Waals surface area contributed by atoms with Crippen LogP contribution in [0.3, 0.4) is 0 Å². The Morgan fingerprint density at radius 1 is 1.33 bits per heavy atom. The van der Waals surface area contributed by atoms with Crippen LogP contribution in [0.2, 0.25) is 0 Å². The van der Waals surface area contributed by atoms with Gasteiger partial charge < -0.3 is 24.5 Å². The molecule has 128 valence electrons. The molecule has 7 heteroatoms. The molecular formula is C17H21N3O4. The first-order valence-electron chi connectivity index (χ1n) is 7.90. The van der Waals surface area contributed by atoms with Crippen molar-refractivity contribution in [2.75, 3.05) is 32.6 Å². The quantitative estimate of drug-likeness (QED) is 0.875. The summed E-state index contributed by atoms with van der Waals surface area (Å²) in [5, 5.41) is 6.10. The molecule has 0 bridgehead atoms. The van der Waals surface area contributed by atoms with Crippen LogP contribution in [0.5, 0.6) is 11.5 Å². The van der Waals surface area contributed by atoms with Gasteiger partial charge in [-0.05, 0) is 31.5 Å². The SMILES string of the molecule is COc1ccc(NC(=O)c2coc(C3CCCNC3)n2)cc1OC. The second-order valence-electron chi connectivity index (χ2n) is 5.64. The van der Waals surface area contributed by atoms with Crippen molar-refractivity contribution in [3.8, 4) is 11.5 Å². The van der Waals surface area contributed by atoms with Crippen LogP contribution >= 0.6 is 0 Å². The highest BCUT2D eigenvalue weighted by molar-refractivity contribution is 6.02. The first-order chi connectivity index (χ1) is 11.7. The lowest BCUT2D eigenvalue weighted by atomic mass is 10.00. The highest BCUT2D eigenvalue weighted by Crippen LogP contribution is 2.30. The van der Waals surface area contributed by atoms with Gasteiger partial charge in [-0.1, -0.05) is 0 Å². The molecule has 1 fully saturated rings. The molecule has 1 saturated heterocycles. The number of hydrogen-bond donors (Lipinski definition) is 2. The van der Waals surface area contributed by atoms with Crippen molar-refractivity contribution >= 4 is 11.6 Å². The van der Waals surface area contributed by atoms with E-state index in [9.17, 15) is 4.79 Å². The number of benzene rings is 1. The summed E-state index contributed by atoms with van der Waals surface area (Å²) in [7, 11) is 3.11. The lowest BCUT2D eigenvalue weighted by molar-refractivity contribution is 0.102. The van der Waals surface area contributed by atoms with Crippen LogP contribution in [-0.2, 0) is 0 Å². The summed E-state index contributed by atoms with van der Waals surface area (Å²) in [5.41, 5.74) is 0.867. The topological polar surface area (TPSA) is 85.6 Å². The molecule has 0 saturated carbocycles. The molecule has 3 rings (SSSR count). The van der Waals surface area contributed by atoms with Crippen molar-refractivity contribution in [3.63, 3.8) is 0 Å². The van der Waals surface area contributed by atoms with E-state index in [1.54, 1.807) is 32.4 Å². The van der Waals surface area contributed by atoms with E-state index in [-0.39, 0.29) is 17.5 Å². The van der Waals surface area contributed by atoms with E-state index in [1.165, 1.54) is 6.26 Å². The minimum Gasteiger partial charge on any atom is -0.493 e. The van der Waals surface area contributed by atoms with Crippen LogP contribution in [0.1, 0.15) is 35.1 Å². The van der Waals surface area contributed by atoms with Gasteiger partial charge >= 0.3 is 0 Å². The summed E-state index contributed by atoms with van der Waals surface area (Å²) in [5.74, 6) is 1.66. The van der Waals surface area contributed by atoms with E-state index >= 15 is 0 Å². The van der Waals surface area contributed by atoms with Crippen LogP contribution in [0.15, 0.2) is 28.9 Å². The Balaban J connectivity index is 1.70. The fourth-order valence-electron chi connectivity index (χ4n) is 2.75. The van der Waals surface area contributed by atoms with Crippen molar-refractivity contribution in [3.05, 3.63) is 36.0 Å². The summed E-state index contributed by atoms with van der Waals surface area (Å²) >= 11 is 0. The third-order valence-electron chi connectivity index (χ3n) is 4.04. The number of amides is 1. The number of nitrogens with zero attached hydrogens (tertiary/aromatic N) is 1. The van der Waals surface area contributed by atoms with Gasteiger partial charge in [-0.25, -0.2) is 4.98 Å². The fourth-order valence-corrected chi connectivity index (χ4v) is 2.75. The molecule has 2 aromatic rings. The van der Waals surface area contributed by atoms with Crippen molar-refractivity contribution in [1.82, 2.24) is 10.3 Å². The molecular weight excluding hydrogens is 310 g/mol. The number of hydrogen-bond acceptors (Lipinski definition) is 6. The third-order valence-corrected chi connectivity index (χ3v) is 4.04. The standard InChI is InChI=1S/C17H21N3O4/c1-22-14-6-5-12(8-15(14)23-2)19-16(21)13-10-24-17(20-13)11-4-3-7-18-9-11/h5-6,8,10-11,18H,3-4,7,9H2,1-2H3,(H,19,21). The second kappa shape index (κ2) is 7.35. The van der Waals surface area contributed by atoms with Crippen molar-refractivity contribution in [1.29, 1.82) is 0 Å². The molecule has 1 unspecified atom stereocenters. The smallest absolute Gasteiger partial charge is 0.277 e. The van der Waals surface area contributed by atoms with Crippen LogP contribution < -0.4 is 20.1 Å². The molecule has 1 aromatic carbocycles. The predicted octanol–water partition coefficient (Wildman–Crippen LogP) is 2.41. The lowest BCUT2D eigenvalue weighted by Gasteiger charge is -2.19. The number of aromatic nitrogens is 1. The van der Waals surface area contributed by atoms with Gasteiger partial charge in [-0.2, -0.15) is 0 Å². The van der Waals surface area contributed by atoms with Crippen molar-refractivity contribution in [2.24, 2.45) is 0 Å². The van der Waals surface area contributed by atoms with Crippen molar-refractivity contribution in [2.45, 2.75) is 18.8 Å². The Bertz CT molecular complexity index is 708. The van der Waals surface area contributed by atoms with E-state index in [4.69, 9.17) is 13.9 Å². The second-order valence-corrected chi connectivity index (χ2v) is 5.64. The molecule has 2 heterocycles. The van der Waals surface area contributed by atoms with E-state index < -0.39 is 0 Å². The Kier molecular flexibility index (Phi) is 5.00. The molecule has 2 N–H and O–H groups in total. The number of rotatable bonds is 5. The van der Waals surface area contributed by atoms with Crippen molar-refractivity contribution < 1.29 is 18.7 Å². The fraction of sp³-hybridized carbons (Fsp3) is 0.412. The number of methoxy groups -OCH3 is 2. The van der Waals surface area contributed by atoms with E-state index in [1.807, 2.05) is 0 Å². The first-order valence-corrected chi connectivity index (χ1v) is 7.90. The maximum Gasteiger partial charge on any atom is 0.277 e. The molecule has 24 heavy (non-hydrogen) atoms. The molecule has 0 aliphatic carbocycles. The minimum absolute atomic E-state index is 0.224. The van der Waals surface area contributed by atoms with Crippen LogP contribution in [0, 0.1) is 0 Å². The Morgan fingerprint density at radius 3 is 2.88 bits per heavy atom. The summed E-state index contributed by atoms with van der Waals surface area (Å²) in [6, 6.07) is 5.17.